The van der Waals surface area contributed by atoms with Gasteiger partial charge in [-0.2, -0.15) is 0 Å². The van der Waals surface area contributed by atoms with Gasteiger partial charge in [-0.25, -0.2) is 4.39 Å². The van der Waals surface area contributed by atoms with Gasteiger partial charge in [-0.05, 0) is 281 Å². The molecule has 0 amide bonds. The highest BCUT2D eigenvalue weighted by molar-refractivity contribution is 6.28. The van der Waals surface area contributed by atoms with Crippen LogP contribution < -0.4 is 0 Å². The van der Waals surface area contributed by atoms with Gasteiger partial charge < -0.3 is 17.6 Å². The van der Waals surface area contributed by atoms with E-state index >= 15 is 0 Å². The molecule has 0 saturated heterocycles. The van der Waals surface area contributed by atoms with E-state index in [0.717, 1.165) is 54.8 Å². The average Bonchev–Trinajstić information content (AvgIpc) is 1.55. The third kappa shape index (κ3) is 14.1. The maximum absolute atomic E-state index is 14.9. The number of halogens is 1. The summed E-state index contributed by atoms with van der Waals surface area (Å²) in [7, 11) is 0. The van der Waals surface area contributed by atoms with Crippen molar-refractivity contribution >= 4 is 152 Å². The van der Waals surface area contributed by atoms with Gasteiger partial charge in [-0.1, -0.05) is 388 Å². The Bertz CT molecular complexity index is 10500. The van der Waals surface area contributed by atoms with Crippen LogP contribution in [0.5, 0.6) is 0 Å². The number of rotatable bonds is 11. The van der Waals surface area contributed by atoms with E-state index in [-0.39, 0.29) is 5.82 Å². The Balaban J connectivity index is 0.0000000950. The fourth-order valence-electron chi connectivity index (χ4n) is 24.0. The lowest BCUT2D eigenvalue weighted by atomic mass is 9.93. The Kier molecular flexibility index (Phi) is 20.2. The molecule has 0 radical (unpaired) electrons. The van der Waals surface area contributed by atoms with E-state index in [2.05, 4.69) is 518 Å². The first-order chi connectivity index (χ1) is 72.1. The minimum Gasteiger partial charge on any atom is -0.308 e. The molecule has 0 bridgehead atoms. The molecule has 31 aromatic rings. The van der Waals surface area contributed by atoms with Crippen molar-refractivity contribution in [3.63, 3.8) is 0 Å². The highest BCUT2D eigenvalue weighted by Crippen LogP contribution is 2.49. The van der Waals surface area contributed by atoms with E-state index in [4.69, 9.17) is 0 Å². The second-order valence-electron chi connectivity index (χ2n) is 39.2. The summed E-state index contributed by atoms with van der Waals surface area (Å²) in [5.74, 6) is -0.203. The normalized spacial score (nSPS) is 11.8. The van der Waals surface area contributed by atoms with Gasteiger partial charge in [0, 0.05) is 86.2 Å². The molecule has 0 unspecified atom stereocenters. The van der Waals surface area contributed by atoms with E-state index < -0.39 is 0 Å². The second kappa shape index (κ2) is 34.6. The summed E-state index contributed by atoms with van der Waals surface area (Å²) >= 11 is 0. The SMILES string of the molecule is Cc1cccc(C)c1-c1cccc(-c2ccc3c(c2)c2cccc4c5ccccc5n3c42)c1.Cc1ccccc1-c1cccc(-c2ccc3c(c2)c2cccc4c5ccccc5n3c42)c1.Fc1cc2c3ccccc3n3c4ccc(-c5cccc(-c6cccc(-c7ccc(-c8ccccc8)cc7)c6)c5)cc4c(c1)c23.c1ccc(-c2ccc(-c3cccc(-c4cc5c6ccccc6n6c7ccccc7c(c4)c56)c3)cc2)cc1. The summed E-state index contributed by atoms with van der Waals surface area (Å²) in [5, 5.41) is 19.9. The molecule has 5 heteroatoms. The molecule has 146 heavy (non-hydrogen) atoms. The zero-order chi connectivity index (χ0) is 96.9. The van der Waals surface area contributed by atoms with Crippen LogP contribution in [0.2, 0.25) is 0 Å². The Morgan fingerprint density at radius 2 is 0.336 bits per heavy atom. The molecule has 0 N–H and O–H groups in total. The van der Waals surface area contributed by atoms with E-state index in [1.54, 1.807) is 12.1 Å². The van der Waals surface area contributed by atoms with E-state index in [9.17, 15) is 4.39 Å². The molecule has 0 fully saturated rings. The van der Waals surface area contributed by atoms with Crippen molar-refractivity contribution in [1.82, 2.24) is 17.6 Å². The maximum atomic E-state index is 14.9. The van der Waals surface area contributed by atoms with E-state index in [1.807, 2.05) is 18.2 Å². The van der Waals surface area contributed by atoms with Crippen LogP contribution in [0, 0.1) is 26.6 Å². The number of hydrogen-bond donors (Lipinski definition) is 0. The van der Waals surface area contributed by atoms with Crippen LogP contribution in [0.25, 0.3) is 275 Å². The number of benzene rings is 23. The molecule has 4 nitrogen and oxygen atoms in total. The van der Waals surface area contributed by atoms with Gasteiger partial charge in [0.2, 0.25) is 0 Å². The first-order valence-electron chi connectivity index (χ1n) is 50.4. The first-order valence-corrected chi connectivity index (χ1v) is 50.4. The highest BCUT2D eigenvalue weighted by atomic mass is 19.1. The quantitative estimate of drug-likeness (QED) is 0.123. The summed E-state index contributed by atoms with van der Waals surface area (Å²) in [6.07, 6.45) is 0. The fourth-order valence-corrected chi connectivity index (χ4v) is 24.0. The Morgan fingerprint density at radius 3 is 0.719 bits per heavy atom. The van der Waals surface area contributed by atoms with Crippen molar-refractivity contribution in [2.24, 2.45) is 0 Å². The molecular weight excluding hydrogens is 1770 g/mol. The van der Waals surface area contributed by atoms with Gasteiger partial charge in [0.15, 0.2) is 0 Å². The highest BCUT2D eigenvalue weighted by Gasteiger charge is 2.25. The summed E-state index contributed by atoms with van der Waals surface area (Å²) < 4.78 is 24.5. The lowest BCUT2D eigenvalue weighted by Gasteiger charge is -2.12. The van der Waals surface area contributed by atoms with Crippen LogP contribution >= 0.6 is 0 Å². The summed E-state index contributed by atoms with van der Waals surface area (Å²) in [6.45, 7) is 6.57. The van der Waals surface area contributed by atoms with Crippen molar-refractivity contribution in [1.29, 1.82) is 0 Å². The lowest BCUT2D eigenvalue weighted by Crippen LogP contribution is -1.88. The number of fused-ring (bicyclic) bond motifs is 24. The predicted molar refractivity (Wildman–Crippen MR) is 618 cm³/mol. The topological polar surface area (TPSA) is 17.6 Å². The number of aromatic nitrogens is 4. The van der Waals surface area contributed by atoms with Gasteiger partial charge in [0.1, 0.15) is 5.82 Å². The smallest absolute Gasteiger partial charge is 0.124 e. The fraction of sp³-hybridized carbons (Fsp3) is 0.0213. The van der Waals surface area contributed by atoms with Crippen molar-refractivity contribution in [3.8, 4) is 122 Å². The third-order valence-electron chi connectivity index (χ3n) is 30.8. The monoisotopic (exact) mass is 1860 g/mol. The molecule has 8 heterocycles. The standard InChI is InChI=1S/C42H26FN.C36H23N.C32H23N.C31H21N/c43-35-25-38-36-14-4-5-15-40(36)44-41-21-20-34(24-37(41)39(26-35)42(38)44)33-13-7-12-32(23-33)31-11-6-10-30(22-31)29-18-16-28(17-19-29)27-8-2-1-3-9-27;1-2-9-24(10-3-1)25-17-19-26(20-18-25)27-11-8-12-28(21-27)29-22-32-30-13-4-6-15-34(30)37-35-16-7-5-14-31(35)33(23-29)36(32)37;1-20-8-5-9-21(2)31(20)24-11-6-10-22(18-24)23-16-17-30-28(19-23)27-14-7-13-26-25-12-3-4-15-29(25)33(30)32(26)27;1-20-8-2-3-11-24(20)23-10-6-9-21(18-23)22-16-17-30-28(19-22)27-14-7-13-26-25-12-4-5-15-29(25)32(30)31(26)27/h1-26H;1-23H;3-19H,1-2H3;2-19H,1H3. The molecule has 23 aromatic carbocycles. The lowest BCUT2D eigenvalue weighted by molar-refractivity contribution is 0.631. The minimum absolute atomic E-state index is 0.203. The van der Waals surface area contributed by atoms with Crippen LogP contribution in [-0.4, -0.2) is 17.6 Å². The molecule has 0 atom stereocenters. The van der Waals surface area contributed by atoms with Gasteiger partial charge in [-0.15, -0.1) is 0 Å². The van der Waals surface area contributed by atoms with Crippen LogP contribution in [-0.2, 0) is 0 Å². The molecule has 8 aromatic heterocycles. The predicted octanol–water partition coefficient (Wildman–Crippen LogP) is 38.7. The largest absolute Gasteiger partial charge is 0.308 e. The van der Waals surface area contributed by atoms with Gasteiger partial charge in [0.05, 0.1) is 66.2 Å². The number of aryl methyl sites for hydroxylation is 3. The molecule has 0 saturated carbocycles. The van der Waals surface area contributed by atoms with Crippen molar-refractivity contribution in [2.45, 2.75) is 20.8 Å². The molecule has 684 valence electrons. The molecule has 0 aliphatic rings. The third-order valence-corrected chi connectivity index (χ3v) is 30.8. The van der Waals surface area contributed by atoms with E-state index in [1.165, 1.54) is 237 Å². The second-order valence-corrected chi connectivity index (χ2v) is 39.2. The zero-order valence-electron chi connectivity index (χ0n) is 80.7. The number of hydrogen-bond acceptors (Lipinski definition) is 0. The van der Waals surface area contributed by atoms with Crippen LogP contribution in [0.15, 0.2) is 510 Å². The van der Waals surface area contributed by atoms with Crippen LogP contribution in [0.4, 0.5) is 4.39 Å². The van der Waals surface area contributed by atoms with Gasteiger partial charge in [0.25, 0.3) is 0 Å². The minimum atomic E-state index is -0.203. The molecule has 0 aliphatic carbocycles. The summed E-state index contributed by atoms with van der Waals surface area (Å²) in [4.78, 5) is 0. The van der Waals surface area contributed by atoms with Gasteiger partial charge in [-0.3, -0.25) is 0 Å². The van der Waals surface area contributed by atoms with Crippen molar-refractivity contribution < 1.29 is 4.39 Å². The van der Waals surface area contributed by atoms with Crippen molar-refractivity contribution in [3.05, 3.63) is 532 Å². The Labute approximate surface area is 843 Å². The van der Waals surface area contributed by atoms with Crippen LogP contribution in [0.1, 0.15) is 16.7 Å². The summed E-state index contributed by atoms with van der Waals surface area (Å²) in [5.41, 5.74) is 45.9. The Hall–Kier alpha value is -18.8. The van der Waals surface area contributed by atoms with E-state index in [0.29, 0.717) is 0 Å². The zero-order valence-corrected chi connectivity index (χ0v) is 80.7. The molecular formula is C141H93FN4. The number of nitrogens with zero attached hydrogens (tertiary/aromatic N) is 4. The number of para-hydroxylation sites is 7. The molecule has 0 spiro atoms. The van der Waals surface area contributed by atoms with Crippen LogP contribution in [0.3, 0.4) is 0 Å². The molecule has 31 rings (SSSR count). The first kappa shape index (κ1) is 85.2. The van der Waals surface area contributed by atoms with Gasteiger partial charge >= 0.3 is 0 Å². The molecule has 0 aliphatic heterocycles. The van der Waals surface area contributed by atoms with Crippen molar-refractivity contribution in [2.75, 3.05) is 0 Å². The average molecular weight is 1860 g/mol. The Morgan fingerprint density at radius 1 is 0.130 bits per heavy atom. The summed E-state index contributed by atoms with van der Waals surface area (Å²) in [6, 6.07) is 183. The maximum Gasteiger partial charge on any atom is 0.124 e.